The number of amides is 2. The highest BCUT2D eigenvalue weighted by atomic mass is 16.3. The Morgan fingerprint density at radius 1 is 1.03 bits per heavy atom. The number of benzene rings is 2. The molecule has 0 bridgehead atoms. The lowest BCUT2D eigenvalue weighted by Crippen LogP contribution is -2.32. The Hall–Kier alpha value is -3.93. The number of carbonyl (C=O) groups is 2. The number of nitrogens with zero attached hydrogens (tertiary/aromatic N) is 2. The summed E-state index contributed by atoms with van der Waals surface area (Å²) in [4.78, 5) is 33.0. The van der Waals surface area contributed by atoms with Crippen molar-refractivity contribution < 1.29 is 14.0 Å². The zero-order valence-corrected chi connectivity index (χ0v) is 17.8. The van der Waals surface area contributed by atoms with E-state index < -0.39 is 11.8 Å². The molecule has 6 rings (SSSR count). The van der Waals surface area contributed by atoms with Crippen LogP contribution in [0.15, 0.2) is 76.1 Å². The molecule has 1 unspecified atom stereocenters. The van der Waals surface area contributed by atoms with Crippen LogP contribution in [0.25, 0.3) is 16.5 Å². The zero-order valence-electron chi connectivity index (χ0n) is 17.8. The first-order valence-corrected chi connectivity index (χ1v) is 10.8. The van der Waals surface area contributed by atoms with E-state index in [0.29, 0.717) is 34.4 Å². The van der Waals surface area contributed by atoms with Gasteiger partial charge in [-0.2, -0.15) is 0 Å². The van der Waals surface area contributed by atoms with Gasteiger partial charge in [0.15, 0.2) is 0 Å². The molecule has 2 amide bonds. The van der Waals surface area contributed by atoms with Gasteiger partial charge in [0.1, 0.15) is 5.58 Å². The quantitative estimate of drug-likeness (QED) is 0.641. The van der Waals surface area contributed by atoms with E-state index in [0.717, 1.165) is 23.1 Å². The minimum atomic E-state index is -0.440. The topological polar surface area (TPSA) is 74.9 Å². The lowest BCUT2D eigenvalue weighted by atomic mass is 9.92. The zero-order chi connectivity index (χ0) is 22.0. The average Bonchev–Trinajstić information content (AvgIpc) is 3.43. The molecule has 0 spiro atoms. The molecule has 4 heterocycles. The molecule has 3 aliphatic heterocycles. The maximum absolute atomic E-state index is 13.1. The highest BCUT2D eigenvalue weighted by molar-refractivity contribution is 6.48. The average molecular weight is 423 g/mol. The van der Waals surface area contributed by atoms with Gasteiger partial charge in [-0.05, 0) is 24.0 Å². The number of rotatable bonds is 3. The van der Waals surface area contributed by atoms with Crippen LogP contribution in [0.4, 0.5) is 5.69 Å². The summed E-state index contributed by atoms with van der Waals surface area (Å²) in [5.74, 6) is -0.427. The summed E-state index contributed by atoms with van der Waals surface area (Å²) in [7, 11) is 0. The van der Waals surface area contributed by atoms with Crippen molar-refractivity contribution in [1.82, 2.24) is 5.32 Å². The number of aliphatic imine (C=N–C) groups is 1. The predicted molar refractivity (Wildman–Crippen MR) is 123 cm³/mol. The molecule has 3 aliphatic rings. The van der Waals surface area contributed by atoms with E-state index >= 15 is 0 Å². The third-order valence-corrected chi connectivity index (χ3v) is 6.54. The van der Waals surface area contributed by atoms with Crippen molar-refractivity contribution in [2.45, 2.75) is 26.3 Å². The predicted octanol–water partition coefficient (Wildman–Crippen LogP) is 4.20. The van der Waals surface area contributed by atoms with Crippen LogP contribution in [0.3, 0.4) is 0 Å². The van der Waals surface area contributed by atoms with Crippen LogP contribution >= 0.6 is 0 Å². The number of nitrogens with one attached hydrogen (secondary N) is 1. The molecule has 1 aromatic heterocycles. The number of hydrogen-bond acceptors (Lipinski definition) is 5. The Morgan fingerprint density at radius 3 is 2.66 bits per heavy atom. The second-order valence-electron chi connectivity index (χ2n) is 8.69. The van der Waals surface area contributed by atoms with Gasteiger partial charge in [0.25, 0.3) is 11.8 Å². The summed E-state index contributed by atoms with van der Waals surface area (Å²) < 4.78 is 5.67. The Bertz CT molecular complexity index is 1410. The van der Waals surface area contributed by atoms with E-state index in [4.69, 9.17) is 4.42 Å². The summed E-state index contributed by atoms with van der Waals surface area (Å²) >= 11 is 0. The molecular formula is C26H21N3O3. The van der Waals surface area contributed by atoms with Crippen LogP contribution < -0.4 is 10.2 Å². The van der Waals surface area contributed by atoms with Gasteiger partial charge in [0.05, 0.1) is 28.8 Å². The minimum absolute atomic E-state index is 0.284. The van der Waals surface area contributed by atoms with Crippen LogP contribution in [0.5, 0.6) is 0 Å². The standard InChI is InChI=1S/C26H21N3O3/c1-14(2)19-13-16-6-4-8-18-22(27-10-11-29(19)23(16)18)21-20(25(30)28-26(21)31)17-7-3-5-15-9-12-32-24(15)17/h3-12,14,19H,13H2,1-2H3,(H,28,30,31). The van der Waals surface area contributed by atoms with Crippen LogP contribution in [0.2, 0.25) is 0 Å². The maximum Gasteiger partial charge on any atom is 0.261 e. The van der Waals surface area contributed by atoms with E-state index in [1.165, 1.54) is 5.56 Å². The molecule has 3 aromatic rings. The van der Waals surface area contributed by atoms with E-state index in [-0.39, 0.29) is 5.57 Å². The van der Waals surface area contributed by atoms with Crippen molar-refractivity contribution in [3.05, 3.63) is 83.4 Å². The maximum atomic E-state index is 13.1. The Morgan fingerprint density at radius 2 is 1.81 bits per heavy atom. The number of carbonyl (C=O) groups excluding carboxylic acids is 2. The monoisotopic (exact) mass is 423 g/mol. The number of anilines is 1. The van der Waals surface area contributed by atoms with Crippen molar-refractivity contribution in [2.24, 2.45) is 10.9 Å². The van der Waals surface area contributed by atoms with E-state index in [9.17, 15) is 9.59 Å². The molecule has 2 aromatic carbocycles. The number of imide groups is 1. The molecule has 6 heteroatoms. The second-order valence-corrected chi connectivity index (χ2v) is 8.69. The summed E-state index contributed by atoms with van der Waals surface area (Å²) in [6.45, 7) is 4.43. The highest BCUT2D eigenvalue weighted by Gasteiger charge is 2.40. The number of furan rings is 1. The van der Waals surface area contributed by atoms with Gasteiger partial charge >= 0.3 is 0 Å². The Kier molecular flexibility index (Phi) is 3.99. The van der Waals surface area contributed by atoms with Gasteiger partial charge in [0.2, 0.25) is 0 Å². The molecule has 1 N–H and O–H groups in total. The summed E-state index contributed by atoms with van der Waals surface area (Å²) in [6.07, 6.45) is 6.23. The Labute approximate surface area is 184 Å². The number of para-hydroxylation sites is 2. The molecule has 0 fully saturated rings. The van der Waals surface area contributed by atoms with E-state index in [2.05, 4.69) is 35.1 Å². The summed E-state index contributed by atoms with van der Waals surface area (Å²) in [5.41, 5.74) is 5.40. The molecule has 0 saturated carbocycles. The fourth-order valence-corrected chi connectivity index (χ4v) is 5.06. The Balaban J connectivity index is 1.60. The van der Waals surface area contributed by atoms with Crippen molar-refractivity contribution in [1.29, 1.82) is 0 Å². The molecule has 32 heavy (non-hydrogen) atoms. The lowest BCUT2D eigenvalue weighted by Gasteiger charge is -2.27. The van der Waals surface area contributed by atoms with Crippen molar-refractivity contribution in [3.8, 4) is 0 Å². The smallest absolute Gasteiger partial charge is 0.261 e. The number of hydrogen-bond donors (Lipinski definition) is 1. The molecule has 0 aliphatic carbocycles. The largest absolute Gasteiger partial charge is 0.464 e. The van der Waals surface area contributed by atoms with Gasteiger partial charge in [-0.25, -0.2) is 0 Å². The van der Waals surface area contributed by atoms with Crippen molar-refractivity contribution in [2.75, 3.05) is 4.90 Å². The molecular weight excluding hydrogens is 402 g/mol. The molecule has 0 radical (unpaired) electrons. The van der Waals surface area contributed by atoms with Gasteiger partial charge in [0, 0.05) is 35.0 Å². The molecule has 158 valence electrons. The van der Waals surface area contributed by atoms with Gasteiger partial charge in [-0.15, -0.1) is 0 Å². The van der Waals surface area contributed by atoms with Crippen LogP contribution in [-0.4, -0.2) is 23.6 Å². The third-order valence-electron chi connectivity index (χ3n) is 6.54. The van der Waals surface area contributed by atoms with Gasteiger partial charge < -0.3 is 9.32 Å². The summed E-state index contributed by atoms with van der Waals surface area (Å²) in [5, 5.41) is 3.35. The highest BCUT2D eigenvalue weighted by Crippen LogP contribution is 2.42. The van der Waals surface area contributed by atoms with E-state index in [1.807, 2.05) is 42.6 Å². The second kappa shape index (κ2) is 6.79. The normalized spacial score (nSPS) is 19.7. The summed E-state index contributed by atoms with van der Waals surface area (Å²) in [6, 6.07) is 13.9. The fourth-order valence-electron chi connectivity index (χ4n) is 5.06. The first-order chi connectivity index (χ1) is 15.5. The molecule has 1 atom stereocenters. The van der Waals surface area contributed by atoms with E-state index in [1.54, 1.807) is 12.5 Å². The third kappa shape index (κ3) is 2.56. The van der Waals surface area contributed by atoms with Crippen LogP contribution in [-0.2, 0) is 16.0 Å². The first-order valence-electron chi connectivity index (χ1n) is 10.8. The van der Waals surface area contributed by atoms with Crippen molar-refractivity contribution >= 4 is 39.8 Å². The van der Waals surface area contributed by atoms with Gasteiger partial charge in [-0.3, -0.25) is 19.9 Å². The SMILES string of the molecule is CC(C)C1Cc2cccc3c2N1C=CN=C3C1=C(c2cccc3ccoc23)C(=O)NC1=O. The molecule has 0 saturated heterocycles. The molecule has 6 nitrogen and oxygen atoms in total. The first kappa shape index (κ1) is 18.8. The minimum Gasteiger partial charge on any atom is -0.464 e. The number of fused-ring (bicyclic) bond motifs is 1. The van der Waals surface area contributed by atoms with Crippen molar-refractivity contribution in [3.63, 3.8) is 0 Å². The van der Waals surface area contributed by atoms with Crippen LogP contribution in [0.1, 0.15) is 30.5 Å². The van der Waals surface area contributed by atoms with Crippen LogP contribution in [0, 0.1) is 5.92 Å². The fraction of sp³-hybridized carbons (Fsp3) is 0.192. The van der Waals surface area contributed by atoms with Gasteiger partial charge in [-0.1, -0.05) is 50.2 Å². The lowest BCUT2D eigenvalue weighted by molar-refractivity contribution is -0.123.